The molecule has 1 aromatic carbocycles. The Balaban J connectivity index is 2.04. The molecule has 5 heteroatoms. The maximum atomic E-state index is 12.9. The second-order valence-electron chi connectivity index (χ2n) is 4.26. The van der Waals surface area contributed by atoms with Gasteiger partial charge in [0.1, 0.15) is 11.5 Å². The lowest BCUT2D eigenvalue weighted by Crippen LogP contribution is -1.94. The van der Waals surface area contributed by atoms with Crippen molar-refractivity contribution in [1.29, 1.82) is 0 Å². The molecule has 0 amide bonds. The molecule has 2 N–H and O–H groups in total. The first-order valence-electron chi connectivity index (χ1n) is 5.81. The highest BCUT2D eigenvalue weighted by atomic mass is 32.1. The van der Waals surface area contributed by atoms with Crippen LogP contribution < -0.4 is 5.73 Å². The minimum Gasteiger partial charge on any atom is -0.396 e. The summed E-state index contributed by atoms with van der Waals surface area (Å²) < 4.78 is 14.6. The first-order valence-corrected chi connectivity index (χ1v) is 6.63. The fourth-order valence-corrected chi connectivity index (χ4v) is 2.74. The molecular weight excluding hydrogens is 261 g/mol. The molecule has 3 aromatic rings. The van der Waals surface area contributed by atoms with E-state index in [1.54, 1.807) is 34.3 Å². The van der Waals surface area contributed by atoms with Crippen molar-refractivity contribution in [1.82, 2.24) is 9.78 Å². The Labute approximate surface area is 114 Å². The topological polar surface area (TPSA) is 43.8 Å². The van der Waals surface area contributed by atoms with E-state index in [1.165, 1.54) is 17.0 Å². The molecular formula is C14H12FN3S. The summed E-state index contributed by atoms with van der Waals surface area (Å²) in [5.41, 5.74) is 8.17. The van der Waals surface area contributed by atoms with Gasteiger partial charge in [-0.1, -0.05) is 0 Å². The highest BCUT2D eigenvalue weighted by molar-refractivity contribution is 7.15. The molecule has 0 unspecified atom stereocenters. The molecule has 96 valence electrons. The summed E-state index contributed by atoms with van der Waals surface area (Å²) in [5.74, 6) is -0.266. The van der Waals surface area contributed by atoms with Crippen molar-refractivity contribution in [2.45, 2.75) is 6.92 Å². The van der Waals surface area contributed by atoms with Gasteiger partial charge < -0.3 is 5.73 Å². The number of nitrogen functional groups attached to an aromatic ring is 1. The number of rotatable bonds is 2. The summed E-state index contributed by atoms with van der Waals surface area (Å²) in [5, 5.41) is 4.47. The Morgan fingerprint density at radius 2 is 1.89 bits per heavy atom. The number of nitrogens with two attached hydrogens (primary N) is 1. The van der Waals surface area contributed by atoms with Crippen LogP contribution in [0.5, 0.6) is 0 Å². The van der Waals surface area contributed by atoms with Crippen molar-refractivity contribution in [3.05, 3.63) is 53.3 Å². The number of halogens is 1. The van der Waals surface area contributed by atoms with E-state index in [-0.39, 0.29) is 5.82 Å². The van der Waals surface area contributed by atoms with Gasteiger partial charge in [0, 0.05) is 4.88 Å². The smallest absolute Gasteiger partial charge is 0.126 e. The number of anilines is 1. The van der Waals surface area contributed by atoms with Crippen molar-refractivity contribution in [3.8, 4) is 16.3 Å². The molecule has 0 atom stereocenters. The van der Waals surface area contributed by atoms with E-state index in [0.29, 0.717) is 5.69 Å². The zero-order valence-corrected chi connectivity index (χ0v) is 11.1. The molecule has 19 heavy (non-hydrogen) atoms. The second-order valence-corrected chi connectivity index (χ2v) is 5.55. The van der Waals surface area contributed by atoms with E-state index in [0.717, 1.165) is 16.3 Å². The second kappa shape index (κ2) is 4.51. The lowest BCUT2D eigenvalue weighted by molar-refractivity contribution is 0.627. The quantitative estimate of drug-likeness (QED) is 0.774. The van der Waals surface area contributed by atoms with E-state index in [2.05, 4.69) is 5.10 Å². The Morgan fingerprint density at radius 3 is 2.53 bits per heavy atom. The summed E-state index contributed by atoms with van der Waals surface area (Å²) in [6.07, 6.45) is 1.75. The average Bonchev–Trinajstić information content (AvgIpc) is 2.96. The highest BCUT2D eigenvalue weighted by Gasteiger charge is 2.11. The standard InChI is InChI=1S/C14H12FN3S/c1-9-2-7-13(19-9)14-12(16)8-18(17-14)11-5-3-10(15)4-6-11/h2-8H,16H2,1H3. The lowest BCUT2D eigenvalue weighted by atomic mass is 10.3. The fraction of sp³-hybridized carbons (Fsp3) is 0.0714. The third-order valence-electron chi connectivity index (χ3n) is 2.81. The predicted octanol–water partition coefficient (Wildman–Crippen LogP) is 3.63. The SMILES string of the molecule is Cc1ccc(-c2nn(-c3ccc(F)cc3)cc2N)s1. The zero-order chi connectivity index (χ0) is 13.4. The van der Waals surface area contributed by atoms with Gasteiger partial charge >= 0.3 is 0 Å². The van der Waals surface area contributed by atoms with Gasteiger partial charge in [0.15, 0.2) is 0 Å². The Morgan fingerprint density at radius 1 is 1.16 bits per heavy atom. The third kappa shape index (κ3) is 2.24. The van der Waals surface area contributed by atoms with Crippen LogP contribution in [-0.4, -0.2) is 9.78 Å². The number of hydrogen-bond acceptors (Lipinski definition) is 3. The molecule has 3 rings (SSSR count). The van der Waals surface area contributed by atoms with Crippen LogP contribution in [0.4, 0.5) is 10.1 Å². The molecule has 0 radical (unpaired) electrons. The number of benzene rings is 1. The van der Waals surface area contributed by atoms with E-state index >= 15 is 0 Å². The molecule has 0 bridgehead atoms. The summed E-state index contributed by atoms with van der Waals surface area (Å²) >= 11 is 1.65. The van der Waals surface area contributed by atoms with Crippen LogP contribution in [0.3, 0.4) is 0 Å². The van der Waals surface area contributed by atoms with E-state index in [9.17, 15) is 4.39 Å². The average molecular weight is 273 g/mol. The van der Waals surface area contributed by atoms with Gasteiger partial charge in [0.25, 0.3) is 0 Å². The van der Waals surface area contributed by atoms with Gasteiger partial charge in [-0.2, -0.15) is 5.10 Å². The van der Waals surface area contributed by atoms with Gasteiger partial charge in [-0.25, -0.2) is 9.07 Å². The molecule has 0 saturated carbocycles. The van der Waals surface area contributed by atoms with Crippen molar-refractivity contribution in [2.75, 3.05) is 5.73 Å². The van der Waals surface area contributed by atoms with Gasteiger partial charge in [-0.05, 0) is 43.3 Å². The number of hydrogen-bond donors (Lipinski definition) is 1. The Hall–Kier alpha value is -2.14. The molecule has 2 heterocycles. The molecule has 0 fully saturated rings. The third-order valence-corrected chi connectivity index (χ3v) is 3.81. The minimum absolute atomic E-state index is 0.266. The zero-order valence-electron chi connectivity index (χ0n) is 10.3. The van der Waals surface area contributed by atoms with Crippen molar-refractivity contribution >= 4 is 17.0 Å². The van der Waals surface area contributed by atoms with Crippen molar-refractivity contribution in [3.63, 3.8) is 0 Å². The summed E-state index contributed by atoms with van der Waals surface area (Å²) in [7, 11) is 0. The fourth-order valence-electron chi connectivity index (χ4n) is 1.87. The molecule has 0 aliphatic carbocycles. The number of aromatic nitrogens is 2. The molecule has 3 nitrogen and oxygen atoms in total. The first-order chi connectivity index (χ1) is 9.13. The molecule has 0 saturated heterocycles. The van der Waals surface area contributed by atoms with Crippen molar-refractivity contribution in [2.24, 2.45) is 0 Å². The van der Waals surface area contributed by atoms with E-state index < -0.39 is 0 Å². The molecule has 0 spiro atoms. The van der Waals surface area contributed by atoms with Crippen LogP contribution >= 0.6 is 11.3 Å². The Kier molecular flexibility index (Phi) is 2.83. The first kappa shape index (κ1) is 11.9. The van der Waals surface area contributed by atoms with E-state index in [4.69, 9.17) is 5.73 Å². The van der Waals surface area contributed by atoms with Crippen LogP contribution in [0, 0.1) is 12.7 Å². The van der Waals surface area contributed by atoms with Gasteiger partial charge in [-0.3, -0.25) is 0 Å². The maximum absolute atomic E-state index is 12.9. The maximum Gasteiger partial charge on any atom is 0.126 e. The lowest BCUT2D eigenvalue weighted by Gasteiger charge is -1.99. The largest absolute Gasteiger partial charge is 0.396 e. The molecule has 0 aliphatic heterocycles. The van der Waals surface area contributed by atoms with Crippen LogP contribution in [0.15, 0.2) is 42.6 Å². The van der Waals surface area contributed by atoms with Crippen molar-refractivity contribution < 1.29 is 4.39 Å². The van der Waals surface area contributed by atoms with Crippen LogP contribution in [0.2, 0.25) is 0 Å². The Bertz CT molecular complexity index is 713. The van der Waals surface area contributed by atoms with Gasteiger partial charge in [-0.15, -0.1) is 11.3 Å². The number of thiophene rings is 1. The monoisotopic (exact) mass is 273 g/mol. The van der Waals surface area contributed by atoms with E-state index in [1.807, 2.05) is 19.1 Å². The number of aryl methyl sites for hydroxylation is 1. The summed E-state index contributed by atoms with van der Waals surface area (Å²) in [6, 6.07) is 10.2. The van der Waals surface area contributed by atoms with Gasteiger partial charge in [0.2, 0.25) is 0 Å². The van der Waals surface area contributed by atoms with Crippen LogP contribution in [-0.2, 0) is 0 Å². The summed E-state index contributed by atoms with van der Waals surface area (Å²) in [6.45, 7) is 2.04. The van der Waals surface area contributed by atoms with Crippen LogP contribution in [0.25, 0.3) is 16.3 Å². The predicted molar refractivity (Wildman–Crippen MR) is 76.0 cm³/mol. The van der Waals surface area contributed by atoms with Gasteiger partial charge in [0.05, 0.1) is 22.4 Å². The van der Waals surface area contributed by atoms with Crippen LogP contribution in [0.1, 0.15) is 4.88 Å². The highest BCUT2D eigenvalue weighted by Crippen LogP contribution is 2.31. The number of nitrogens with zero attached hydrogens (tertiary/aromatic N) is 2. The minimum atomic E-state index is -0.266. The normalized spacial score (nSPS) is 10.8. The summed E-state index contributed by atoms with van der Waals surface area (Å²) in [4.78, 5) is 2.25. The molecule has 2 aromatic heterocycles. The molecule has 0 aliphatic rings.